The summed E-state index contributed by atoms with van der Waals surface area (Å²) in [5.74, 6) is 0.311. The number of carbonyl (C=O) groups excluding carboxylic acids is 1. The van der Waals surface area contributed by atoms with E-state index in [4.69, 9.17) is 23.2 Å². The number of rotatable bonds is 9. The van der Waals surface area contributed by atoms with Crippen LogP contribution in [-0.2, 0) is 17.9 Å². The first-order valence-electron chi connectivity index (χ1n) is 12.4. The van der Waals surface area contributed by atoms with Crippen LogP contribution >= 0.6 is 23.2 Å². The minimum Gasteiger partial charge on any atom is -0.382 e. The lowest BCUT2D eigenvalue weighted by Crippen LogP contribution is -2.37. The lowest BCUT2D eigenvalue weighted by Gasteiger charge is -2.15. The highest BCUT2D eigenvalue weighted by molar-refractivity contribution is 6.32. The predicted octanol–water partition coefficient (Wildman–Crippen LogP) is 3.21. The summed E-state index contributed by atoms with van der Waals surface area (Å²) in [5.41, 5.74) is -0.0922. The van der Waals surface area contributed by atoms with Crippen LogP contribution < -0.4 is 11.0 Å². The Labute approximate surface area is 240 Å². The Morgan fingerprint density at radius 2 is 1.85 bits per heavy atom. The summed E-state index contributed by atoms with van der Waals surface area (Å²) in [6.45, 7) is -0.350. The van der Waals surface area contributed by atoms with Gasteiger partial charge in [0.1, 0.15) is 6.54 Å². The molecule has 11 nitrogen and oxygen atoms in total. The Morgan fingerprint density at radius 1 is 1.12 bits per heavy atom. The fourth-order valence-corrected chi connectivity index (χ4v) is 4.76. The van der Waals surface area contributed by atoms with E-state index in [0.29, 0.717) is 46.8 Å². The first kappa shape index (κ1) is 28.6. The van der Waals surface area contributed by atoms with Crippen molar-refractivity contribution in [1.29, 1.82) is 0 Å². The van der Waals surface area contributed by atoms with Gasteiger partial charge in [-0.25, -0.2) is 9.48 Å². The minimum absolute atomic E-state index is 0.0984. The van der Waals surface area contributed by atoms with Gasteiger partial charge in [0, 0.05) is 29.7 Å². The average molecular weight is 611 g/mol. The molecule has 3 heterocycles. The van der Waals surface area contributed by atoms with Crippen molar-refractivity contribution in [3.8, 4) is 17.1 Å². The highest BCUT2D eigenvalue weighted by atomic mass is 35.5. The number of hydrogen-bond acceptors (Lipinski definition) is 7. The number of amides is 1. The van der Waals surface area contributed by atoms with E-state index in [1.165, 1.54) is 28.9 Å². The van der Waals surface area contributed by atoms with Crippen molar-refractivity contribution in [2.75, 3.05) is 18.4 Å². The molecule has 2 N–H and O–H groups in total. The number of halogens is 5. The molecule has 1 aliphatic heterocycles. The van der Waals surface area contributed by atoms with Crippen LogP contribution in [-0.4, -0.2) is 76.9 Å². The minimum atomic E-state index is -4.95. The zero-order chi connectivity index (χ0) is 29.3. The molecule has 2 atom stereocenters. The van der Waals surface area contributed by atoms with Gasteiger partial charge in [-0.15, -0.1) is 10.2 Å². The summed E-state index contributed by atoms with van der Waals surface area (Å²) in [7, 11) is 0. The first-order valence-corrected chi connectivity index (χ1v) is 13.1. The fourth-order valence-electron chi connectivity index (χ4n) is 4.42. The third kappa shape index (κ3) is 6.24. The van der Waals surface area contributed by atoms with Crippen molar-refractivity contribution in [3.63, 3.8) is 0 Å². The number of hydrogen-bond donors (Lipinski definition) is 2. The van der Waals surface area contributed by atoms with E-state index < -0.39 is 24.5 Å². The SMILES string of the molecule is O=CN1CCC(Nc2nc(Cn3nc(-c4ccc(Cl)cc4)n(CC(O)C(F)(F)F)c3=O)nn2-c2ccccc2Cl)C1. The standard InChI is InChI=1S/C25H23Cl2F3N8O3/c26-16-7-5-15(6-8-16)22-34-37(24(41)36(22)12-20(40)25(28,29)30)13-21-32-23(31-17-9-10-35(11-17)14-39)38(33-21)19-4-2-1-3-18(19)27/h1-8,14,17,20,40H,9-13H2,(H,31,32,33). The van der Waals surface area contributed by atoms with E-state index in [9.17, 15) is 27.9 Å². The molecule has 2 aromatic heterocycles. The zero-order valence-electron chi connectivity index (χ0n) is 21.2. The van der Waals surface area contributed by atoms with Crippen LogP contribution in [0.4, 0.5) is 19.1 Å². The number of aromatic nitrogens is 6. The number of aliphatic hydroxyl groups excluding tert-OH is 1. The molecule has 41 heavy (non-hydrogen) atoms. The topological polar surface area (TPSA) is 123 Å². The Balaban J connectivity index is 1.53. The van der Waals surface area contributed by atoms with E-state index in [2.05, 4.69) is 20.5 Å². The van der Waals surface area contributed by atoms with Crippen molar-refractivity contribution in [3.05, 3.63) is 74.9 Å². The number of aliphatic hydroxyl groups is 1. The number of alkyl halides is 3. The number of nitrogens with zero attached hydrogens (tertiary/aromatic N) is 7. The van der Waals surface area contributed by atoms with Gasteiger partial charge >= 0.3 is 11.9 Å². The number of nitrogens with one attached hydrogen (secondary N) is 1. The van der Waals surface area contributed by atoms with Gasteiger partial charge in [0.05, 0.1) is 17.3 Å². The number of anilines is 1. The molecular formula is C25H23Cl2F3N8O3. The summed E-state index contributed by atoms with van der Waals surface area (Å²) in [6.07, 6.45) is -6.31. The summed E-state index contributed by atoms with van der Waals surface area (Å²) in [4.78, 5) is 30.6. The molecule has 4 aromatic rings. The molecule has 0 saturated carbocycles. The third-order valence-electron chi connectivity index (χ3n) is 6.48. The van der Waals surface area contributed by atoms with Crippen molar-refractivity contribution in [2.24, 2.45) is 0 Å². The fraction of sp³-hybridized carbons (Fsp3) is 0.320. The van der Waals surface area contributed by atoms with Gasteiger partial charge in [-0.05, 0) is 42.8 Å². The lowest BCUT2D eigenvalue weighted by molar-refractivity contribution is -0.207. The number of para-hydroxylation sites is 1. The van der Waals surface area contributed by atoms with Crippen LogP contribution in [0.25, 0.3) is 17.1 Å². The Kier molecular flexibility index (Phi) is 8.07. The number of likely N-dealkylation sites (tertiary alicyclic amines) is 1. The molecule has 0 radical (unpaired) electrons. The van der Waals surface area contributed by atoms with Gasteiger partial charge in [0.2, 0.25) is 12.4 Å². The van der Waals surface area contributed by atoms with Crippen LogP contribution in [0.2, 0.25) is 10.0 Å². The molecule has 1 amide bonds. The summed E-state index contributed by atoms with van der Waals surface area (Å²) < 4.78 is 42.7. The Hall–Kier alpha value is -3.88. The molecule has 1 aliphatic rings. The molecule has 0 bridgehead atoms. The van der Waals surface area contributed by atoms with E-state index in [1.54, 1.807) is 29.2 Å². The number of carbonyl (C=O) groups is 1. The molecule has 1 saturated heterocycles. The van der Waals surface area contributed by atoms with Crippen LogP contribution in [0.3, 0.4) is 0 Å². The summed E-state index contributed by atoms with van der Waals surface area (Å²) in [6, 6.07) is 12.8. The largest absolute Gasteiger partial charge is 0.416 e. The average Bonchev–Trinajstić information content (AvgIpc) is 3.63. The molecule has 2 unspecified atom stereocenters. The zero-order valence-corrected chi connectivity index (χ0v) is 22.7. The summed E-state index contributed by atoms with van der Waals surface area (Å²) >= 11 is 12.4. The normalized spacial score (nSPS) is 16.2. The van der Waals surface area contributed by atoms with E-state index in [0.717, 1.165) is 15.7 Å². The second-order valence-corrected chi connectivity index (χ2v) is 10.2. The second-order valence-electron chi connectivity index (χ2n) is 9.38. The van der Waals surface area contributed by atoms with E-state index in [-0.39, 0.29) is 24.2 Å². The van der Waals surface area contributed by atoms with Gasteiger partial charge in [-0.3, -0.25) is 9.36 Å². The van der Waals surface area contributed by atoms with E-state index >= 15 is 0 Å². The van der Waals surface area contributed by atoms with Crippen LogP contribution in [0.1, 0.15) is 12.2 Å². The van der Waals surface area contributed by atoms with Crippen molar-refractivity contribution in [1.82, 2.24) is 34.0 Å². The molecule has 1 fully saturated rings. The lowest BCUT2D eigenvalue weighted by atomic mass is 10.2. The maximum absolute atomic E-state index is 13.3. The molecular weight excluding hydrogens is 588 g/mol. The van der Waals surface area contributed by atoms with Gasteiger partial charge < -0.3 is 15.3 Å². The molecule has 2 aromatic carbocycles. The van der Waals surface area contributed by atoms with E-state index in [1.807, 2.05) is 0 Å². The predicted molar refractivity (Wildman–Crippen MR) is 144 cm³/mol. The Bertz CT molecular complexity index is 1600. The van der Waals surface area contributed by atoms with Gasteiger partial charge in [0.25, 0.3) is 0 Å². The highest BCUT2D eigenvalue weighted by Gasteiger charge is 2.39. The van der Waals surface area contributed by atoms with Crippen molar-refractivity contribution in [2.45, 2.75) is 37.8 Å². The quantitative estimate of drug-likeness (QED) is 0.279. The molecule has 16 heteroatoms. The Morgan fingerprint density at radius 3 is 2.51 bits per heavy atom. The number of benzene rings is 2. The highest BCUT2D eigenvalue weighted by Crippen LogP contribution is 2.26. The smallest absolute Gasteiger partial charge is 0.382 e. The van der Waals surface area contributed by atoms with Gasteiger partial charge in [0.15, 0.2) is 17.8 Å². The van der Waals surface area contributed by atoms with Gasteiger partial charge in [-0.1, -0.05) is 35.3 Å². The summed E-state index contributed by atoms with van der Waals surface area (Å²) in [5, 5.41) is 22.5. The van der Waals surface area contributed by atoms with Crippen LogP contribution in [0, 0.1) is 0 Å². The maximum Gasteiger partial charge on any atom is 0.416 e. The third-order valence-corrected chi connectivity index (χ3v) is 7.05. The first-order chi connectivity index (χ1) is 19.5. The maximum atomic E-state index is 13.3. The molecule has 216 valence electrons. The van der Waals surface area contributed by atoms with Gasteiger partial charge in [-0.2, -0.15) is 22.8 Å². The van der Waals surface area contributed by atoms with Crippen LogP contribution in [0.15, 0.2) is 53.3 Å². The second kappa shape index (κ2) is 11.5. The van der Waals surface area contributed by atoms with Crippen molar-refractivity contribution < 1.29 is 23.1 Å². The monoisotopic (exact) mass is 610 g/mol. The molecule has 0 spiro atoms. The van der Waals surface area contributed by atoms with Crippen molar-refractivity contribution >= 4 is 35.6 Å². The molecule has 0 aliphatic carbocycles. The van der Waals surface area contributed by atoms with Crippen LogP contribution in [0.5, 0.6) is 0 Å². The molecule has 5 rings (SSSR count).